The molecule has 0 atom stereocenters. The standard InChI is InChI=1S/C16H21N3/c1-2-14-15(12-8-6-7-9-12)18-19(16(14)17)13-10-4-3-5-11-13/h3-5,10-12H,2,6-9,17H2,1H3. The van der Waals surface area contributed by atoms with Gasteiger partial charge in [0.15, 0.2) is 0 Å². The van der Waals surface area contributed by atoms with E-state index in [2.05, 4.69) is 19.1 Å². The van der Waals surface area contributed by atoms with E-state index in [4.69, 9.17) is 10.8 Å². The lowest BCUT2D eigenvalue weighted by Crippen LogP contribution is -2.02. The summed E-state index contributed by atoms with van der Waals surface area (Å²) in [6.07, 6.45) is 6.14. The van der Waals surface area contributed by atoms with Gasteiger partial charge in [-0.3, -0.25) is 0 Å². The maximum absolute atomic E-state index is 6.31. The zero-order valence-corrected chi connectivity index (χ0v) is 11.5. The topological polar surface area (TPSA) is 43.8 Å². The van der Waals surface area contributed by atoms with Gasteiger partial charge < -0.3 is 5.73 Å². The van der Waals surface area contributed by atoms with Gasteiger partial charge in [-0.15, -0.1) is 0 Å². The summed E-state index contributed by atoms with van der Waals surface area (Å²) < 4.78 is 1.91. The molecule has 1 aliphatic rings. The van der Waals surface area contributed by atoms with Crippen LogP contribution in [0.25, 0.3) is 5.69 Å². The molecule has 1 aromatic heterocycles. The quantitative estimate of drug-likeness (QED) is 0.909. The zero-order valence-electron chi connectivity index (χ0n) is 11.5. The second kappa shape index (κ2) is 5.08. The van der Waals surface area contributed by atoms with E-state index in [0.29, 0.717) is 5.92 Å². The molecule has 1 heterocycles. The number of nitrogens with zero attached hydrogens (tertiary/aromatic N) is 2. The smallest absolute Gasteiger partial charge is 0.130 e. The molecule has 0 saturated heterocycles. The minimum absolute atomic E-state index is 0.613. The van der Waals surface area contributed by atoms with Crippen molar-refractivity contribution in [3.63, 3.8) is 0 Å². The second-order valence-electron chi connectivity index (χ2n) is 5.33. The SMILES string of the molecule is CCc1c(C2CCCC2)nn(-c2ccccc2)c1N. The fourth-order valence-corrected chi connectivity index (χ4v) is 3.14. The van der Waals surface area contributed by atoms with E-state index in [1.165, 1.54) is 36.9 Å². The normalized spacial score (nSPS) is 16.1. The molecule has 1 aromatic carbocycles. The third-order valence-electron chi connectivity index (χ3n) is 4.15. The number of rotatable bonds is 3. The number of nitrogen functional groups attached to an aromatic ring is 1. The lowest BCUT2D eigenvalue weighted by Gasteiger charge is -2.06. The van der Waals surface area contributed by atoms with Crippen LogP contribution in [0, 0.1) is 0 Å². The second-order valence-corrected chi connectivity index (χ2v) is 5.33. The largest absolute Gasteiger partial charge is 0.383 e. The van der Waals surface area contributed by atoms with Gasteiger partial charge in [0.1, 0.15) is 5.82 Å². The Kier molecular flexibility index (Phi) is 3.28. The molecular weight excluding hydrogens is 234 g/mol. The number of anilines is 1. The Hall–Kier alpha value is -1.77. The van der Waals surface area contributed by atoms with E-state index >= 15 is 0 Å². The lowest BCUT2D eigenvalue weighted by atomic mass is 9.99. The van der Waals surface area contributed by atoms with Crippen molar-refractivity contribution in [1.82, 2.24) is 9.78 Å². The number of aromatic nitrogens is 2. The minimum Gasteiger partial charge on any atom is -0.383 e. The Balaban J connectivity index is 2.07. The van der Waals surface area contributed by atoms with Crippen molar-refractivity contribution in [1.29, 1.82) is 0 Å². The first-order valence-corrected chi connectivity index (χ1v) is 7.24. The van der Waals surface area contributed by atoms with Crippen LogP contribution in [0.15, 0.2) is 30.3 Å². The average Bonchev–Trinajstić information content (AvgIpc) is 3.07. The monoisotopic (exact) mass is 255 g/mol. The van der Waals surface area contributed by atoms with Crippen molar-refractivity contribution in [3.8, 4) is 5.69 Å². The van der Waals surface area contributed by atoms with E-state index in [1.54, 1.807) is 0 Å². The molecule has 3 nitrogen and oxygen atoms in total. The fourth-order valence-electron chi connectivity index (χ4n) is 3.14. The van der Waals surface area contributed by atoms with Crippen LogP contribution in [0.4, 0.5) is 5.82 Å². The van der Waals surface area contributed by atoms with Crippen molar-refractivity contribution < 1.29 is 0 Å². The Bertz CT molecular complexity index is 551. The van der Waals surface area contributed by atoms with Gasteiger partial charge in [-0.25, -0.2) is 4.68 Å². The third kappa shape index (κ3) is 2.14. The highest BCUT2D eigenvalue weighted by Crippen LogP contribution is 2.37. The highest BCUT2D eigenvalue weighted by atomic mass is 15.3. The van der Waals surface area contributed by atoms with Gasteiger partial charge in [-0.2, -0.15) is 5.10 Å². The summed E-state index contributed by atoms with van der Waals surface area (Å²) >= 11 is 0. The van der Waals surface area contributed by atoms with Gasteiger partial charge in [0.05, 0.1) is 11.4 Å². The van der Waals surface area contributed by atoms with Gasteiger partial charge in [-0.05, 0) is 31.4 Å². The van der Waals surface area contributed by atoms with Gasteiger partial charge >= 0.3 is 0 Å². The predicted octanol–water partition coefficient (Wildman–Crippen LogP) is 3.67. The third-order valence-corrected chi connectivity index (χ3v) is 4.15. The molecule has 2 N–H and O–H groups in total. The van der Waals surface area contributed by atoms with Crippen molar-refractivity contribution in [2.24, 2.45) is 0 Å². The molecule has 0 bridgehead atoms. The number of benzene rings is 1. The van der Waals surface area contributed by atoms with Crippen LogP contribution in [0.5, 0.6) is 0 Å². The maximum atomic E-state index is 6.31. The Morgan fingerprint density at radius 2 is 1.89 bits per heavy atom. The summed E-state index contributed by atoms with van der Waals surface area (Å²) in [6.45, 7) is 2.17. The molecular formula is C16H21N3. The van der Waals surface area contributed by atoms with Crippen molar-refractivity contribution in [2.45, 2.75) is 44.9 Å². The first kappa shape index (κ1) is 12.3. The van der Waals surface area contributed by atoms with Crippen LogP contribution in [0.2, 0.25) is 0 Å². The van der Waals surface area contributed by atoms with Crippen LogP contribution in [0.3, 0.4) is 0 Å². The maximum Gasteiger partial charge on any atom is 0.130 e. The van der Waals surface area contributed by atoms with Crippen molar-refractivity contribution in [2.75, 3.05) is 5.73 Å². The van der Waals surface area contributed by atoms with E-state index in [0.717, 1.165) is 17.9 Å². The van der Waals surface area contributed by atoms with Crippen LogP contribution in [-0.2, 0) is 6.42 Å². The first-order chi connectivity index (χ1) is 9.31. The van der Waals surface area contributed by atoms with E-state index in [1.807, 2.05) is 22.9 Å². The molecule has 0 spiro atoms. The van der Waals surface area contributed by atoms with Crippen LogP contribution < -0.4 is 5.73 Å². The molecule has 3 rings (SSSR count). The zero-order chi connectivity index (χ0) is 13.2. The molecule has 0 radical (unpaired) electrons. The van der Waals surface area contributed by atoms with E-state index in [-0.39, 0.29) is 0 Å². The van der Waals surface area contributed by atoms with Crippen LogP contribution in [-0.4, -0.2) is 9.78 Å². The summed E-state index contributed by atoms with van der Waals surface area (Å²) in [5.74, 6) is 1.43. The molecule has 2 aromatic rings. The van der Waals surface area contributed by atoms with Gasteiger partial charge in [0.2, 0.25) is 0 Å². The fraction of sp³-hybridized carbons (Fsp3) is 0.438. The average molecular weight is 255 g/mol. The van der Waals surface area contributed by atoms with Gasteiger partial charge in [0.25, 0.3) is 0 Å². The summed E-state index contributed by atoms with van der Waals surface area (Å²) in [6, 6.07) is 10.2. The van der Waals surface area contributed by atoms with Crippen molar-refractivity contribution in [3.05, 3.63) is 41.6 Å². The molecule has 0 amide bonds. The summed E-state index contributed by atoms with van der Waals surface area (Å²) in [7, 11) is 0. The minimum atomic E-state index is 0.613. The Morgan fingerprint density at radius 1 is 1.21 bits per heavy atom. The van der Waals surface area contributed by atoms with E-state index in [9.17, 15) is 0 Å². The molecule has 1 aliphatic carbocycles. The summed E-state index contributed by atoms with van der Waals surface area (Å²) in [5.41, 5.74) is 9.85. The first-order valence-electron chi connectivity index (χ1n) is 7.24. The number of hydrogen-bond acceptors (Lipinski definition) is 2. The van der Waals surface area contributed by atoms with Gasteiger partial charge in [0, 0.05) is 11.5 Å². The number of para-hydroxylation sites is 1. The Morgan fingerprint density at radius 3 is 2.53 bits per heavy atom. The molecule has 3 heteroatoms. The van der Waals surface area contributed by atoms with Crippen LogP contribution in [0.1, 0.15) is 49.8 Å². The highest BCUT2D eigenvalue weighted by molar-refractivity contribution is 5.51. The Labute approximate surface area is 114 Å². The van der Waals surface area contributed by atoms with E-state index < -0.39 is 0 Å². The molecule has 0 unspecified atom stereocenters. The molecule has 19 heavy (non-hydrogen) atoms. The highest BCUT2D eigenvalue weighted by Gasteiger charge is 2.25. The molecule has 0 aliphatic heterocycles. The van der Waals surface area contributed by atoms with Gasteiger partial charge in [-0.1, -0.05) is 38.0 Å². The molecule has 1 saturated carbocycles. The lowest BCUT2D eigenvalue weighted by molar-refractivity contribution is 0.673. The predicted molar refractivity (Wildman–Crippen MR) is 78.6 cm³/mol. The number of nitrogens with two attached hydrogens (primary N) is 1. The molecule has 1 fully saturated rings. The van der Waals surface area contributed by atoms with Crippen molar-refractivity contribution >= 4 is 5.82 Å². The summed E-state index contributed by atoms with van der Waals surface area (Å²) in [4.78, 5) is 0. The number of hydrogen-bond donors (Lipinski definition) is 1. The molecule has 100 valence electrons. The summed E-state index contributed by atoms with van der Waals surface area (Å²) in [5, 5.41) is 4.82. The van der Waals surface area contributed by atoms with Crippen LogP contribution >= 0.6 is 0 Å².